The molecule has 1 saturated carbocycles. The van der Waals surface area contributed by atoms with Gasteiger partial charge in [-0.1, -0.05) is 6.92 Å². The lowest BCUT2D eigenvalue weighted by atomic mass is 10.0. The number of hydrogen-bond acceptors (Lipinski definition) is 9. The fourth-order valence-electron chi connectivity index (χ4n) is 3.87. The summed E-state index contributed by atoms with van der Waals surface area (Å²) in [5.41, 5.74) is 5.26. The molecule has 208 valence electrons. The highest BCUT2D eigenvalue weighted by atomic mass is 19.1. The molecule has 2 aromatic rings. The maximum Gasteiger partial charge on any atom is 0.407 e. The Morgan fingerprint density at radius 3 is 2.55 bits per heavy atom. The largest absolute Gasteiger partial charge is 0.475 e. The van der Waals surface area contributed by atoms with E-state index in [0.29, 0.717) is 31.2 Å². The molecule has 0 aliphatic heterocycles. The van der Waals surface area contributed by atoms with Crippen LogP contribution in [0.4, 0.5) is 26.5 Å². The molecular formula is C26H37FN6O5. The number of rotatable bonds is 13. The van der Waals surface area contributed by atoms with Crippen molar-refractivity contribution in [1.29, 1.82) is 0 Å². The Morgan fingerprint density at radius 1 is 1.21 bits per heavy atom. The summed E-state index contributed by atoms with van der Waals surface area (Å²) in [5.74, 6) is -1.02. The number of methoxy groups -OCH3 is 1. The van der Waals surface area contributed by atoms with Gasteiger partial charge in [-0.05, 0) is 58.1 Å². The summed E-state index contributed by atoms with van der Waals surface area (Å²) in [4.78, 5) is 33.0. The van der Waals surface area contributed by atoms with Gasteiger partial charge in [0.1, 0.15) is 18.0 Å². The van der Waals surface area contributed by atoms with Crippen molar-refractivity contribution >= 4 is 29.3 Å². The second-order valence-electron chi connectivity index (χ2n) is 10.1. The quantitative estimate of drug-likeness (QED) is 0.281. The van der Waals surface area contributed by atoms with Crippen LogP contribution in [0.2, 0.25) is 0 Å². The highest BCUT2D eigenvalue weighted by Gasteiger charge is 2.38. The van der Waals surface area contributed by atoms with Gasteiger partial charge in [0, 0.05) is 25.1 Å². The van der Waals surface area contributed by atoms with Crippen molar-refractivity contribution in [1.82, 2.24) is 15.3 Å². The lowest BCUT2D eigenvalue weighted by Crippen LogP contribution is -2.49. The molecule has 0 saturated heterocycles. The van der Waals surface area contributed by atoms with Crippen LogP contribution in [-0.4, -0.2) is 60.0 Å². The van der Waals surface area contributed by atoms with Crippen molar-refractivity contribution in [3.05, 3.63) is 35.8 Å². The van der Waals surface area contributed by atoms with E-state index in [1.807, 2.05) is 6.92 Å². The minimum Gasteiger partial charge on any atom is -0.475 e. The second-order valence-corrected chi connectivity index (χ2v) is 10.1. The van der Waals surface area contributed by atoms with Gasteiger partial charge in [-0.15, -0.1) is 0 Å². The van der Waals surface area contributed by atoms with Crippen molar-refractivity contribution in [2.45, 2.75) is 64.6 Å². The van der Waals surface area contributed by atoms with Gasteiger partial charge in [-0.2, -0.15) is 0 Å². The Balaban J connectivity index is 1.85. The molecule has 1 aliphatic rings. The number of alkyl carbamates (subject to hydrolysis) is 1. The number of aromatic nitrogens is 2. The fraction of sp³-hybridized carbons (Fsp3) is 0.538. The van der Waals surface area contributed by atoms with Gasteiger partial charge in [-0.25, -0.2) is 19.2 Å². The van der Waals surface area contributed by atoms with Crippen molar-refractivity contribution in [2.75, 3.05) is 31.0 Å². The maximum atomic E-state index is 15.1. The predicted molar refractivity (Wildman–Crippen MR) is 141 cm³/mol. The van der Waals surface area contributed by atoms with E-state index in [-0.39, 0.29) is 35.2 Å². The Bertz CT molecular complexity index is 1120. The van der Waals surface area contributed by atoms with Gasteiger partial charge < -0.3 is 35.9 Å². The number of amides is 2. The average molecular weight is 533 g/mol. The van der Waals surface area contributed by atoms with Crippen LogP contribution >= 0.6 is 0 Å². The minimum absolute atomic E-state index is 0.0653. The van der Waals surface area contributed by atoms with E-state index in [1.165, 1.54) is 6.20 Å². The molecule has 0 aromatic carbocycles. The zero-order chi connectivity index (χ0) is 27.9. The summed E-state index contributed by atoms with van der Waals surface area (Å²) in [6.45, 7) is 7.99. The van der Waals surface area contributed by atoms with Crippen LogP contribution in [0.5, 0.6) is 5.88 Å². The number of nitrogens with one attached hydrogen (secondary N) is 3. The number of halogens is 1. The smallest absolute Gasteiger partial charge is 0.407 e. The first kappa shape index (κ1) is 28.9. The number of ether oxygens (including phenoxy) is 3. The summed E-state index contributed by atoms with van der Waals surface area (Å²) >= 11 is 0. The van der Waals surface area contributed by atoms with E-state index in [4.69, 9.17) is 19.9 Å². The number of nitrogens with two attached hydrogens (primary N) is 1. The lowest BCUT2D eigenvalue weighted by Gasteiger charge is -2.30. The lowest BCUT2D eigenvalue weighted by molar-refractivity contribution is 0.0495. The van der Waals surface area contributed by atoms with Gasteiger partial charge in [0.2, 0.25) is 5.88 Å². The van der Waals surface area contributed by atoms with Crippen molar-refractivity contribution < 1.29 is 28.2 Å². The van der Waals surface area contributed by atoms with Gasteiger partial charge in [0.05, 0.1) is 24.3 Å². The molecular weight excluding hydrogens is 495 g/mol. The van der Waals surface area contributed by atoms with E-state index in [0.717, 1.165) is 18.9 Å². The van der Waals surface area contributed by atoms with Gasteiger partial charge in [-0.3, -0.25) is 4.79 Å². The maximum absolute atomic E-state index is 15.1. The SMILES string of the molecule is CC[C@H](NC(=O)OC(C)(C)C)[C@H](Nc1nc(Nc2ccnc(OCCOC)c2)c(C(N)=O)cc1F)C1CC1. The number of hydrogen-bond donors (Lipinski definition) is 4. The predicted octanol–water partition coefficient (Wildman–Crippen LogP) is 3.98. The molecule has 0 radical (unpaired) electrons. The van der Waals surface area contributed by atoms with Crippen molar-refractivity contribution in [3.63, 3.8) is 0 Å². The summed E-state index contributed by atoms with van der Waals surface area (Å²) in [5, 5.41) is 9.08. The Kier molecular flexibility index (Phi) is 9.67. The summed E-state index contributed by atoms with van der Waals surface area (Å²) < 4.78 is 31.1. The molecule has 2 amide bonds. The van der Waals surface area contributed by atoms with E-state index < -0.39 is 23.4 Å². The molecule has 5 N–H and O–H groups in total. The fourth-order valence-corrected chi connectivity index (χ4v) is 3.87. The number of pyridine rings is 2. The van der Waals surface area contributed by atoms with Crippen LogP contribution in [0, 0.1) is 11.7 Å². The molecule has 0 spiro atoms. The number of primary amides is 1. The number of nitrogens with zero attached hydrogens (tertiary/aromatic N) is 2. The van der Waals surface area contributed by atoms with E-state index in [1.54, 1.807) is 40.0 Å². The normalized spacial score (nSPS) is 14.8. The topological polar surface area (TPSA) is 150 Å². The molecule has 2 heterocycles. The molecule has 0 unspecified atom stereocenters. The summed E-state index contributed by atoms with van der Waals surface area (Å²) in [6.07, 6.45) is 3.42. The van der Waals surface area contributed by atoms with E-state index >= 15 is 4.39 Å². The Morgan fingerprint density at radius 2 is 1.95 bits per heavy atom. The van der Waals surface area contributed by atoms with Crippen LogP contribution in [0.25, 0.3) is 0 Å². The van der Waals surface area contributed by atoms with E-state index in [9.17, 15) is 9.59 Å². The molecule has 1 aliphatic carbocycles. The van der Waals surface area contributed by atoms with Gasteiger partial charge in [0.15, 0.2) is 11.6 Å². The third-order valence-corrected chi connectivity index (χ3v) is 5.79. The molecule has 12 heteroatoms. The second kappa shape index (κ2) is 12.7. The summed E-state index contributed by atoms with van der Waals surface area (Å²) in [7, 11) is 1.57. The summed E-state index contributed by atoms with van der Waals surface area (Å²) in [6, 6.07) is 3.67. The molecule has 38 heavy (non-hydrogen) atoms. The number of carbonyl (C=O) groups excluding carboxylic acids is 2. The zero-order valence-electron chi connectivity index (χ0n) is 22.5. The van der Waals surface area contributed by atoms with Crippen molar-refractivity contribution in [2.24, 2.45) is 11.7 Å². The standard InChI is InChI=1S/C26H37FN6O5/c1-6-19(31-25(35)38-26(2,3)4)21(15-7-8-15)32-24-18(27)14-17(22(28)34)23(33-24)30-16-9-10-29-20(13-16)37-12-11-36-5/h9-10,13-15,19,21H,6-8,11-12H2,1-5H3,(H2,28,34)(H,31,35)(H2,29,30,32,33)/t19-,21+/m0/s1. The van der Waals surface area contributed by atoms with Crippen LogP contribution < -0.4 is 26.4 Å². The Labute approximate surface area is 222 Å². The van der Waals surface area contributed by atoms with Crippen molar-refractivity contribution in [3.8, 4) is 5.88 Å². The minimum atomic E-state index is -0.840. The first-order valence-corrected chi connectivity index (χ1v) is 12.6. The molecule has 3 rings (SSSR count). The van der Waals surface area contributed by atoms with Crippen LogP contribution in [0.1, 0.15) is 57.3 Å². The van der Waals surface area contributed by atoms with Gasteiger partial charge in [0.25, 0.3) is 5.91 Å². The number of carbonyl (C=O) groups is 2. The molecule has 0 bridgehead atoms. The number of anilines is 3. The average Bonchev–Trinajstić information content (AvgIpc) is 3.67. The highest BCUT2D eigenvalue weighted by molar-refractivity contribution is 5.98. The first-order valence-electron chi connectivity index (χ1n) is 12.6. The molecule has 2 atom stereocenters. The van der Waals surface area contributed by atoms with E-state index in [2.05, 4.69) is 25.9 Å². The molecule has 11 nitrogen and oxygen atoms in total. The van der Waals surface area contributed by atoms with Crippen LogP contribution in [-0.2, 0) is 9.47 Å². The van der Waals surface area contributed by atoms with Crippen LogP contribution in [0.3, 0.4) is 0 Å². The monoisotopic (exact) mass is 532 g/mol. The molecule has 1 fully saturated rings. The highest BCUT2D eigenvalue weighted by Crippen LogP contribution is 2.37. The van der Waals surface area contributed by atoms with Gasteiger partial charge >= 0.3 is 6.09 Å². The Hall–Kier alpha value is -3.67. The third-order valence-electron chi connectivity index (χ3n) is 5.79. The third kappa shape index (κ3) is 8.44. The first-order chi connectivity index (χ1) is 18.0. The zero-order valence-corrected chi connectivity index (χ0v) is 22.5. The van der Waals surface area contributed by atoms with Crippen LogP contribution in [0.15, 0.2) is 24.4 Å². The molecule has 2 aromatic heterocycles.